The molecule has 9 heteroatoms. The van der Waals surface area contributed by atoms with Crippen molar-refractivity contribution in [1.29, 1.82) is 0 Å². The maximum absolute atomic E-state index is 12.6. The molecule has 1 aliphatic heterocycles. The van der Waals surface area contributed by atoms with Gasteiger partial charge in [0, 0.05) is 24.7 Å². The molecule has 3 rings (SSSR count). The Morgan fingerprint density at radius 3 is 2.53 bits per heavy atom. The van der Waals surface area contributed by atoms with Crippen LogP contribution in [0.1, 0.15) is 25.0 Å². The van der Waals surface area contributed by atoms with E-state index in [-0.39, 0.29) is 23.2 Å². The number of amides is 3. The zero-order chi connectivity index (χ0) is 23.3. The number of carbonyl (C=O) groups excluding carboxylic acids is 3. The van der Waals surface area contributed by atoms with Gasteiger partial charge in [0.05, 0.1) is 7.11 Å². The Balaban J connectivity index is 1.80. The van der Waals surface area contributed by atoms with Crippen LogP contribution in [0, 0.1) is 0 Å². The molecule has 32 heavy (non-hydrogen) atoms. The molecule has 8 nitrogen and oxygen atoms in total. The van der Waals surface area contributed by atoms with Crippen molar-refractivity contribution >= 4 is 46.8 Å². The molecule has 0 atom stereocenters. The highest BCUT2D eigenvalue weighted by molar-refractivity contribution is 7.80. The normalized spacial score (nSPS) is 14.9. The highest BCUT2D eigenvalue weighted by atomic mass is 32.1. The number of hydrogen-bond acceptors (Lipinski definition) is 6. The van der Waals surface area contributed by atoms with E-state index in [1.165, 1.54) is 17.9 Å². The van der Waals surface area contributed by atoms with Gasteiger partial charge in [-0.05, 0) is 67.2 Å². The van der Waals surface area contributed by atoms with Crippen LogP contribution in [0.3, 0.4) is 0 Å². The lowest BCUT2D eigenvalue weighted by atomic mass is 10.0. The van der Waals surface area contributed by atoms with E-state index < -0.39 is 11.8 Å². The van der Waals surface area contributed by atoms with Crippen LogP contribution in [0.5, 0.6) is 11.5 Å². The maximum Gasteiger partial charge on any atom is 0.265 e. The monoisotopic (exact) mass is 453 g/mol. The molecular weight excluding hydrogens is 430 g/mol. The Bertz CT molecular complexity index is 1100. The molecule has 2 aromatic rings. The lowest BCUT2D eigenvalue weighted by Crippen LogP contribution is -2.53. The quantitative estimate of drug-likeness (QED) is 0.380. The summed E-state index contributed by atoms with van der Waals surface area (Å²) in [4.78, 5) is 37.4. The number of anilines is 1. The fourth-order valence-electron chi connectivity index (χ4n) is 3.15. The molecule has 0 unspecified atom stereocenters. The van der Waals surface area contributed by atoms with E-state index in [4.69, 9.17) is 21.7 Å². The minimum atomic E-state index is -0.530. The van der Waals surface area contributed by atoms with Crippen LogP contribution < -0.4 is 20.1 Å². The van der Waals surface area contributed by atoms with Crippen LogP contribution in [0.2, 0.25) is 0 Å². The van der Waals surface area contributed by atoms with Crippen LogP contribution >= 0.6 is 12.2 Å². The molecule has 166 valence electrons. The number of hydrogen-bond donors (Lipinski definition) is 2. The van der Waals surface area contributed by atoms with Gasteiger partial charge in [-0.2, -0.15) is 0 Å². The summed E-state index contributed by atoms with van der Waals surface area (Å²) in [7, 11) is 1.55. The average Bonchev–Trinajstić information content (AvgIpc) is 2.76. The first-order chi connectivity index (χ1) is 15.3. The van der Waals surface area contributed by atoms with Crippen molar-refractivity contribution in [2.45, 2.75) is 20.5 Å². The summed E-state index contributed by atoms with van der Waals surface area (Å²) >= 11 is 5.05. The summed E-state index contributed by atoms with van der Waals surface area (Å²) in [5, 5.41) is 5.33. The zero-order valence-electron chi connectivity index (χ0n) is 17.9. The minimum absolute atomic E-state index is 0.00560. The lowest BCUT2D eigenvalue weighted by molar-refractivity contribution is -0.128. The zero-order valence-corrected chi connectivity index (χ0v) is 18.7. The molecule has 0 radical (unpaired) electrons. The van der Waals surface area contributed by atoms with Gasteiger partial charge in [0.2, 0.25) is 5.91 Å². The Kier molecular flexibility index (Phi) is 7.21. The van der Waals surface area contributed by atoms with Crippen molar-refractivity contribution in [1.82, 2.24) is 10.2 Å². The third-order valence-corrected chi connectivity index (χ3v) is 5.01. The molecule has 1 heterocycles. The molecule has 1 saturated heterocycles. The van der Waals surface area contributed by atoms with E-state index >= 15 is 0 Å². The van der Waals surface area contributed by atoms with E-state index in [0.717, 1.165) is 5.56 Å². The first-order valence-corrected chi connectivity index (χ1v) is 10.3. The molecule has 3 amide bonds. The van der Waals surface area contributed by atoms with Gasteiger partial charge in [-0.25, -0.2) is 0 Å². The van der Waals surface area contributed by atoms with Gasteiger partial charge in [-0.1, -0.05) is 6.07 Å². The summed E-state index contributed by atoms with van der Waals surface area (Å²) in [6.45, 7) is 3.78. The van der Waals surface area contributed by atoms with Crippen molar-refractivity contribution in [2.75, 3.05) is 19.0 Å². The fraction of sp³-hybridized carbons (Fsp3) is 0.217. The number of nitrogens with one attached hydrogen (secondary N) is 2. The van der Waals surface area contributed by atoms with E-state index in [2.05, 4.69) is 10.6 Å². The van der Waals surface area contributed by atoms with Crippen molar-refractivity contribution < 1.29 is 23.9 Å². The number of methoxy groups -OCH3 is 1. The summed E-state index contributed by atoms with van der Waals surface area (Å²) in [6.07, 6.45) is 1.52. The van der Waals surface area contributed by atoms with Crippen molar-refractivity contribution in [3.05, 3.63) is 59.2 Å². The second kappa shape index (κ2) is 10.1. The number of benzene rings is 2. The number of rotatable bonds is 7. The van der Waals surface area contributed by atoms with Gasteiger partial charge in [0.15, 0.2) is 5.11 Å². The number of nitrogens with zero attached hydrogens (tertiary/aromatic N) is 1. The van der Waals surface area contributed by atoms with E-state index in [1.807, 2.05) is 0 Å². The predicted octanol–water partition coefficient (Wildman–Crippen LogP) is 2.88. The second-order valence-electron chi connectivity index (χ2n) is 6.93. The SMILES string of the molecule is CCN1C(=O)/C(=C/c2ccc(OC)c(COc3ccc(NC(C)=O)cc3)c2)C(=O)NC1=S. The Morgan fingerprint density at radius 2 is 1.91 bits per heavy atom. The Hall–Kier alpha value is -3.72. The van der Waals surface area contributed by atoms with Gasteiger partial charge in [0.1, 0.15) is 23.7 Å². The van der Waals surface area contributed by atoms with Crippen molar-refractivity contribution in [2.24, 2.45) is 0 Å². The number of likely N-dealkylation sites (N-methyl/N-ethyl adjacent to an activating group) is 1. The Labute approximate surface area is 191 Å². The van der Waals surface area contributed by atoms with Gasteiger partial charge < -0.3 is 14.8 Å². The molecule has 1 fully saturated rings. The predicted molar refractivity (Wildman–Crippen MR) is 124 cm³/mol. The molecule has 0 aromatic heterocycles. The third kappa shape index (κ3) is 5.30. The first kappa shape index (κ1) is 23.0. The summed E-state index contributed by atoms with van der Waals surface area (Å²) < 4.78 is 11.3. The lowest BCUT2D eigenvalue weighted by Gasteiger charge is -2.27. The molecular formula is C23H23N3O5S. The van der Waals surface area contributed by atoms with E-state index in [0.29, 0.717) is 29.3 Å². The number of carbonyl (C=O) groups is 3. The largest absolute Gasteiger partial charge is 0.496 e. The highest BCUT2D eigenvalue weighted by Crippen LogP contribution is 2.25. The van der Waals surface area contributed by atoms with E-state index in [9.17, 15) is 14.4 Å². The molecule has 2 N–H and O–H groups in total. The molecule has 0 spiro atoms. The fourth-order valence-corrected chi connectivity index (χ4v) is 3.45. The topological polar surface area (TPSA) is 97.0 Å². The van der Waals surface area contributed by atoms with Crippen LogP contribution in [0.15, 0.2) is 48.0 Å². The van der Waals surface area contributed by atoms with E-state index in [1.54, 1.807) is 56.5 Å². The summed E-state index contributed by atoms with van der Waals surface area (Å²) in [5.74, 6) is 0.103. The summed E-state index contributed by atoms with van der Waals surface area (Å²) in [6, 6.07) is 12.3. The molecule has 0 aliphatic carbocycles. The van der Waals surface area contributed by atoms with Crippen LogP contribution in [0.25, 0.3) is 6.08 Å². The van der Waals surface area contributed by atoms with Crippen molar-refractivity contribution in [3.63, 3.8) is 0 Å². The number of ether oxygens (including phenoxy) is 2. The smallest absolute Gasteiger partial charge is 0.265 e. The van der Waals surface area contributed by atoms with Crippen molar-refractivity contribution in [3.8, 4) is 11.5 Å². The van der Waals surface area contributed by atoms with Gasteiger partial charge >= 0.3 is 0 Å². The number of thiocarbonyl (C=S) groups is 1. The standard InChI is InChI=1S/C23H23N3O5S/c1-4-26-22(29)19(21(28)25-23(26)32)12-15-5-10-20(30-3)16(11-15)13-31-18-8-6-17(7-9-18)24-14(2)27/h5-12H,4,13H2,1-3H3,(H,24,27)(H,25,28,32)/b19-12+. The van der Waals surface area contributed by atoms with Crippen LogP contribution in [0.4, 0.5) is 5.69 Å². The van der Waals surface area contributed by atoms with Crippen LogP contribution in [-0.2, 0) is 21.0 Å². The third-order valence-electron chi connectivity index (χ3n) is 4.69. The molecule has 2 aromatic carbocycles. The minimum Gasteiger partial charge on any atom is -0.496 e. The second-order valence-corrected chi connectivity index (χ2v) is 7.32. The molecule has 0 bridgehead atoms. The van der Waals surface area contributed by atoms with Crippen LogP contribution in [-0.4, -0.2) is 41.4 Å². The Morgan fingerprint density at radius 1 is 1.19 bits per heavy atom. The summed E-state index contributed by atoms with van der Waals surface area (Å²) in [5.41, 5.74) is 2.06. The maximum atomic E-state index is 12.6. The average molecular weight is 454 g/mol. The van der Waals surface area contributed by atoms with Gasteiger partial charge in [-0.3, -0.25) is 24.6 Å². The molecule has 1 aliphatic rings. The molecule has 0 saturated carbocycles. The van der Waals surface area contributed by atoms with Gasteiger partial charge in [0.25, 0.3) is 11.8 Å². The van der Waals surface area contributed by atoms with Gasteiger partial charge in [-0.15, -0.1) is 0 Å². The highest BCUT2D eigenvalue weighted by Gasteiger charge is 2.32. The first-order valence-electron chi connectivity index (χ1n) is 9.88.